The summed E-state index contributed by atoms with van der Waals surface area (Å²) >= 11 is 0. The van der Waals surface area contributed by atoms with E-state index in [9.17, 15) is 9.90 Å². The third kappa shape index (κ3) is 3.20. The fraction of sp³-hybridized carbons (Fsp3) is 0.647. The van der Waals surface area contributed by atoms with Crippen LogP contribution in [0, 0.1) is 17.8 Å². The Morgan fingerprint density at radius 1 is 1.38 bits per heavy atom. The lowest BCUT2D eigenvalue weighted by atomic mass is 9.89. The molecule has 3 rings (SSSR count). The van der Waals surface area contributed by atoms with Gasteiger partial charge in [-0.25, -0.2) is 9.78 Å². The molecule has 0 radical (unpaired) electrons. The number of aryl methyl sites for hydroxylation is 1. The van der Waals surface area contributed by atoms with Gasteiger partial charge in [-0.2, -0.15) is 0 Å². The molecule has 0 amide bonds. The number of aromatic nitrogens is 1. The zero-order valence-corrected chi connectivity index (χ0v) is 12.6. The summed E-state index contributed by atoms with van der Waals surface area (Å²) in [5.41, 5.74) is 1.21. The molecule has 4 heteroatoms. The van der Waals surface area contributed by atoms with Crippen LogP contribution in [0.5, 0.6) is 0 Å². The summed E-state index contributed by atoms with van der Waals surface area (Å²) < 4.78 is 0. The van der Waals surface area contributed by atoms with Gasteiger partial charge in [-0.05, 0) is 55.6 Å². The van der Waals surface area contributed by atoms with E-state index in [0.29, 0.717) is 5.56 Å². The highest BCUT2D eigenvalue weighted by atomic mass is 16.4. The molecular weight excluding hydrogens is 264 g/mol. The molecule has 4 nitrogen and oxygen atoms in total. The zero-order valence-electron chi connectivity index (χ0n) is 12.6. The average Bonchev–Trinajstić information content (AvgIpc) is 3.07. The third-order valence-electron chi connectivity index (χ3n) is 5.06. The summed E-state index contributed by atoms with van der Waals surface area (Å²) in [6.45, 7) is 3.01. The van der Waals surface area contributed by atoms with E-state index in [1.54, 1.807) is 12.1 Å². The number of aromatic carboxylic acids is 1. The Morgan fingerprint density at radius 3 is 2.86 bits per heavy atom. The number of anilines is 1. The van der Waals surface area contributed by atoms with Crippen LogP contribution in [0.25, 0.3) is 0 Å². The predicted molar refractivity (Wildman–Crippen MR) is 82.6 cm³/mol. The fourth-order valence-electron chi connectivity index (χ4n) is 4.05. The molecule has 1 aromatic rings. The summed E-state index contributed by atoms with van der Waals surface area (Å²) in [5.74, 6) is 2.41. The first-order chi connectivity index (χ1) is 10.2. The van der Waals surface area contributed by atoms with Crippen LogP contribution in [0.3, 0.4) is 0 Å². The Labute approximate surface area is 126 Å². The highest BCUT2D eigenvalue weighted by Gasteiger charge is 2.39. The SMILES string of the molecule is CCCc1cc(C(=O)O)cc(NCC2CC3CCC2C3)n1. The largest absolute Gasteiger partial charge is 0.478 e. The molecule has 0 aliphatic heterocycles. The van der Waals surface area contributed by atoms with Gasteiger partial charge in [-0.15, -0.1) is 0 Å². The van der Waals surface area contributed by atoms with Crippen molar-refractivity contribution in [1.29, 1.82) is 0 Å². The molecule has 0 saturated heterocycles. The topological polar surface area (TPSA) is 62.2 Å². The van der Waals surface area contributed by atoms with Crippen molar-refractivity contribution < 1.29 is 9.90 Å². The number of hydrogen-bond acceptors (Lipinski definition) is 3. The Hall–Kier alpha value is -1.58. The second-order valence-corrected chi connectivity index (χ2v) is 6.60. The van der Waals surface area contributed by atoms with Crippen molar-refractivity contribution in [2.75, 3.05) is 11.9 Å². The molecule has 2 fully saturated rings. The normalized spacial score (nSPS) is 27.0. The molecule has 2 N–H and O–H groups in total. The highest BCUT2D eigenvalue weighted by molar-refractivity contribution is 5.88. The molecule has 2 aliphatic rings. The maximum Gasteiger partial charge on any atom is 0.335 e. The van der Waals surface area contributed by atoms with Crippen LogP contribution in [0.4, 0.5) is 5.82 Å². The lowest BCUT2D eigenvalue weighted by molar-refractivity contribution is 0.0696. The first-order valence-corrected chi connectivity index (χ1v) is 8.13. The summed E-state index contributed by atoms with van der Waals surface area (Å²) in [7, 11) is 0. The van der Waals surface area contributed by atoms with Crippen molar-refractivity contribution in [3.63, 3.8) is 0 Å². The summed E-state index contributed by atoms with van der Waals surface area (Å²) in [6, 6.07) is 3.35. The molecular formula is C17H24N2O2. The summed E-state index contributed by atoms with van der Waals surface area (Å²) in [6.07, 6.45) is 7.31. The quantitative estimate of drug-likeness (QED) is 0.840. The minimum absolute atomic E-state index is 0.337. The van der Waals surface area contributed by atoms with Gasteiger partial charge in [-0.1, -0.05) is 19.8 Å². The van der Waals surface area contributed by atoms with Crippen molar-refractivity contribution in [2.45, 2.75) is 45.4 Å². The maximum absolute atomic E-state index is 11.2. The lowest BCUT2D eigenvalue weighted by Gasteiger charge is -2.22. The summed E-state index contributed by atoms with van der Waals surface area (Å²) in [5, 5.41) is 12.6. The van der Waals surface area contributed by atoms with Gasteiger partial charge in [0.15, 0.2) is 0 Å². The number of pyridine rings is 1. The third-order valence-corrected chi connectivity index (χ3v) is 5.06. The molecule has 1 aromatic heterocycles. The van der Waals surface area contributed by atoms with Crippen molar-refractivity contribution in [3.8, 4) is 0 Å². The van der Waals surface area contributed by atoms with Crippen LogP contribution in [-0.4, -0.2) is 22.6 Å². The van der Waals surface area contributed by atoms with Crippen LogP contribution >= 0.6 is 0 Å². The number of carboxylic acids is 1. The van der Waals surface area contributed by atoms with Crippen LogP contribution in [0.15, 0.2) is 12.1 Å². The predicted octanol–water partition coefficient (Wildman–Crippen LogP) is 3.58. The molecule has 114 valence electrons. The molecule has 3 atom stereocenters. The van der Waals surface area contributed by atoms with E-state index in [-0.39, 0.29) is 0 Å². The Kier molecular flexibility index (Phi) is 4.13. The molecule has 2 bridgehead atoms. The number of fused-ring (bicyclic) bond motifs is 2. The second-order valence-electron chi connectivity index (χ2n) is 6.60. The van der Waals surface area contributed by atoms with E-state index in [2.05, 4.69) is 17.2 Å². The first-order valence-electron chi connectivity index (χ1n) is 8.13. The number of nitrogens with zero attached hydrogens (tertiary/aromatic N) is 1. The van der Waals surface area contributed by atoms with Crippen LogP contribution in [-0.2, 0) is 6.42 Å². The Bertz CT molecular complexity index is 530. The molecule has 0 aromatic carbocycles. The monoisotopic (exact) mass is 288 g/mol. The van der Waals surface area contributed by atoms with Gasteiger partial charge in [0.05, 0.1) is 5.56 Å². The first kappa shape index (κ1) is 14.4. The smallest absolute Gasteiger partial charge is 0.335 e. The van der Waals surface area contributed by atoms with E-state index >= 15 is 0 Å². The van der Waals surface area contributed by atoms with Gasteiger partial charge in [0.2, 0.25) is 0 Å². The van der Waals surface area contributed by atoms with Crippen molar-refractivity contribution in [2.24, 2.45) is 17.8 Å². The maximum atomic E-state index is 11.2. The Morgan fingerprint density at radius 2 is 2.24 bits per heavy atom. The number of carboxylic acid groups (broad SMARTS) is 1. The van der Waals surface area contributed by atoms with Crippen molar-refractivity contribution in [3.05, 3.63) is 23.4 Å². The van der Waals surface area contributed by atoms with Crippen LogP contribution < -0.4 is 5.32 Å². The minimum Gasteiger partial charge on any atom is -0.478 e. The van der Waals surface area contributed by atoms with E-state index in [1.807, 2.05) is 0 Å². The molecule has 3 unspecified atom stereocenters. The van der Waals surface area contributed by atoms with Crippen molar-refractivity contribution in [1.82, 2.24) is 4.98 Å². The van der Waals surface area contributed by atoms with Gasteiger partial charge in [0.1, 0.15) is 5.82 Å². The minimum atomic E-state index is -0.877. The van der Waals surface area contributed by atoms with E-state index < -0.39 is 5.97 Å². The highest BCUT2D eigenvalue weighted by Crippen LogP contribution is 2.48. The molecule has 1 heterocycles. The number of nitrogens with one attached hydrogen (secondary N) is 1. The molecule has 2 saturated carbocycles. The van der Waals surface area contributed by atoms with Gasteiger partial charge in [-0.3, -0.25) is 0 Å². The number of rotatable bonds is 6. The van der Waals surface area contributed by atoms with Gasteiger partial charge >= 0.3 is 5.97 Å². The zero-order chi connectivity index (χ0) is 14.8. The standard InChI is InChI=1S/C17H24N2O2/c1-2-3-15-8-13(17(20)21)9-16(19-15)18-10-14-7-11-4-5-12(14)6-11/h8-9,11-12,14H,2-7,10H2,1H3,(H,18,19)(H,20,21). The molecule has 0 spiro atoms. The van der Waals surface area contributed by atoms with E-state index in [4.69, 9.17) is 0 Å². The van der Waals surface area contributed by atoms with Gasteiger partial charge in [0, 0.05) is 12.2 Å². The van der Waals surface area contributed by atoms with Crippen molar-refractivity contribution >= 4 is 11.8 Å². The van der Waals surface area contributed by atoms with Crippen LogP contribution in [0.1, 0.15) is 55.1 Å². The Balaban J connectivity index is 1.67. The van der Waals surface area contributed by atoms with Crippen LogP contribution in [0.2, 0.25) is 0 Å². The summed E-state index contributed by atoms with van der Waals surface area (Å²) in [4.78, 5) is 15.8. The van der Waals surface area contributed by atoms with Gasteiger partial charge in [0.25, 0.3) is 0 Å². The second kappa shape index (κ2) is 6.04. The van der Waals surface area contributed by atoms with E-state index in [1.165, 1.54) is 25.7 Å². The average molecular weight is 288 g/mol. The molecule has 21 heavy (non-hydrogen) atoms. The number of hydrogen-bond donors (Lipinski definition) is 2. The van der Waals surface area contributed by atoms with Gasteiger partial charge < -0.3 is 10.4 Å². The fourth-order valence-corrected chi connectivity index (χ4v) is 4.05. The lowest BCUT2D eigenvalue weighted by Crippen LogP contribution is -2.21. The van der Waals surface area contributed by atoms with E-state index in [0.717, 1.165) is 48.7 Å². The molecule has 2 aliphatic carbocycles. The number of carbonyl (C=O) groups is 1.